The topological polar surface area (TPSA) is 110 Å². The first kappa shape index (κ1) is 11.9. The number of aromatic nitrogens is 4. The van der Waals surface area contributed by atoms with Crippen LogP contribution < -0.4 is 10.4 Å². The molecule has 3 rings (SSSR count). The Hall–Kier alpha value is -3.16. The Morgan fingerprint density at radius 2 is 2.20 bits per heavy atom. The van der Waals surface area contributed by atoms with Gasteiger partial charge in [0.05, 0.1) is 5.56 Å². The molecule has 8 nitrogen and oxygen atoms in total. The Morgan fingerprint density at radius 1 is 1.35 bits per heavy atom. The summed E-state index contributed by atoms with van der Waals surface area (Å²) in [5.41, 5.74) is 0.0703. The minimum atomic E-state index is -1.04. The van der Waals surface area contributed by atoms with Crippen molar-refractivity contribution < 1.29 is 14.6 Å². The summed E-state index contributed by atoms with van der Waals surface area (Å²) < 4.78 is 6.67. The molecule has 0 spiro atoms. The lowest BCUT2D eigenvalue weighted by molar-refractivity contribution is 0.0696. The third-order valence-electron chi connectivity index (χ3n) is 2.59. The molecule has 0 saturated carbocycles. The lowest BCUT2D eigenvalue weighted by Gasteiger charge is -2.05. The number of benzene rings is 1. The smallest absolute Gasteiger partial charge is 0.348 e. The quantitative estimate of drug-likeness (QED) is 0.733. The van der Waals surface area contributed by atoms with Gasteiger partial charge in [-0.2, -0.15) is 5.10 Å². The number of ether oxygens (including phenoxy) is 1. The van der Waals surface area contributed by atoms with E-state index in [2.05, 4.69) is 15.2 Å². The van der Waals surface area contributed by atoms with E-state index in [4.69, 9.17) is 9.84 Å². The van der Waals surface area contributed by atoms with Gasteiger partial charge in [0.2, 0.25) is 5.88 Å². The van der Waals surface area contributed by atoms with Gasteiger partial charge in [0.15, 0.2) is 5.65 Å². The number of nitrogens with one attached hydrogen (secondary N) is 1. The molecular formula is C12H8N4O4. The Labute approximate surface area is 111 Å². The van der Waals surface area contributed by atoms with Crippen LogP contribution in [0.4, 0.5) is 0 Å². The van der Waals surface area contributed by atoms with Gasteiger partial charge < -0.3 is 9.84 Å². The van der Waals surface area contributed by atoms with E-state index in [0.717, 1.165) is 0 Å². The van der Waals surface area contributed by atoms with Crippen molar-refractivity contribution in [3.8, 4) is 11.6 Å². The maximum absolute atomic E-state index is 11.3. The standard InChI is InChI=1S/C12H8N4O4/c17-11(18)7-2-1-3-8(4-7)20-10-5-9-14-15-12(19)16(9)6-13-10/h1-6H,(H,15,19)(H,17,18). The van der Waals surface area contributed by atoms with Crippen LogP contribution in [0.1, 0.15) is 10.4 Å². The largest absolute Gasteiger partial charge is 0.478 e. The van der Waals surface area contributed by atoms with E-state index < -0.39 is 11.7 Å². The third-order valence-corrected chi connectivity index (χ3v) is 2.59. The minimum Gasteiger partial charge on any atom is -0.478 e. The average molecular weight is 272 g/mol. The SMILES string of the molecule is O=C(O)c1cccc(Oc2cc3n[nH]c(=O)n3cn2)c1. The molecule has 2 aromatic heterocycles. The van der Waals surface area contributed by atoms with Crippen LogP contribution in [0.2, 0.25) is 0 Å². The summed E-state index contributed by atoms with van der Waals surface area (Å²) in [5.74, 6) is -0.503. The number of nitrogens with zero attached hydrogens (tertiary/aromatic N) is 3. The van der Waals surface area contributed by atoms with Crippen LogP contribution in [0.15, 0.2) is 41.5 Å². The number of carboxylic acids is 1. The molecule has 2 heterocycles. The maximum atomic E-state index is 11.3. The Kier molecular flexibility index (Phi) is 2.68. The average Bonchev–Trinajstić information content (AvgIpc) is 2.80. The monoisotopic (exact) mass is 272 g/mol. The van der Waals surface area contributed by atoms with Gasteiger partial charge in [0.25, 0.3) is 0 Å². The maximum Gasteiger partial charge on any atom is 0.348 e. The van der Waals surface area contributed by atoms with E-state index in [0.29, 0.717) is 11.4 Å². The molecule has 20 heavy (non-hydrogen) atoms. The lowest BCUT2D eigenvalue weighted by Crippen LogP contribution is -2.09. The first-order chi connectivity index (χ1) is 9.63. The second kappa shape index (κ2) is 4.50. The van der Waals surface area contributed by atoms with Crippen LogP contribution >= 0.6 is 0 Å². The van der Waals surface area contributed by atoms with Crippen molar-refractivity contribution in [2.24, 2.45) is 0 Å². The predicted octanol–water partition coefficient (Wildman–Crippen LogP) is 0.908. The van der Waals surface area contributed by atoms with Gasteiger partial charge in [-0.15, -0.1) is 0 Å². The molecule has 0 unspecified atom stereocenters. The fraction of sp³-hybridized carbons (Fsp3) is 0. The number of hydrogen-bond acceptors (Lipinski definition) is 5. The zero-order chi connectivity index (χ0) is 14.1. The summed E-state index contributed by atoms with van der Waals surface area (Å²) in [6, 6.07) is 7.47. The fourth-order valence-corrected chi connectivity index (χ4v) is 1.66. The van der Waals surface area contributed by atoms with Crippen molar-refractivity contribution in [1.29, 1.82) is 0 Å². The number of rotatable bonds is 3. The summed E-state index contributed by atoms with van der Waals surface area (Å²) in [6.45, 7) is 0. The van der Waals surface area contributed by atoms with Gasteiger partial charge >= 0.3 is 11.7 Å². The number of carboxylic acid groups (broad SMARTS) is 1. The van der Waals surface area contributed by atoms with Gasteiger partial charge in [-0.05, 0) is 18.2 Å². The van der Waals surface area contributed by atoms with Crippen LogP contribution in [-0.4, -0.2) is 30.7 Å². The molecular weight excluding hydrogens is 264 g/mol. The molecule has 0 bridgehead atoms. The van der Waals surface area contributed by atoms with Gasteiger partial charge in [0.1, 0.15) is 12.1 Å². The highest BCUT2D eigenvalue weighted by molar-refractivity contribution is 5.88. The van der Waals surface area contributed by atoms with Crippen LogP contribution in [-0.2, 0) is 0 Å². The van der Waals surface area contributed by atoms with Gasteiger partial charge in [-0.1, -0.05) is 6.07 Å². The van der Waals surface area contributed by atoms with E-state index >= 15 is 0 Å². The number of aromatic amines is 1. The van der Waals surface area contributed by atoms with E-state index in [9.17, 15) is 9.59 Å². The first-order valence-electron chi connectivity index (χ1n) is 5.57. The summed E-state index contributed by atoms with van der Waals surface area (Å²) in [6.07, 6.45) is 1.28. The summed E-state index contributed by atoms with van der Waals surface area (Å²) in [7, 11) is 0. The molecule has 0 saturated heterocycles. The van der Waals surface area contributed by atoms with Gasteiger partial charge in [-0.3, -0.25) is 0 Å². The normalized spacial score (nSPS) is 10.6. The number of carbonyl (C=O) groups is 1. The van der Waals surface area contributed by atoms with Crippen LogP contribution in [0.5, 0.6) is 11.6 Å². The Morgan fingerprint density at radius 3 is 3.00 bits per heavy atom. The fourth-order valence-electron chi connectivity index (χ4n) is 1.66. The van der Waals surface area contributed by atoms with Gasteiger partial charge in [-0.25, -0.2) is 24.1 Å². The zero-order valence-corrected chi connectivity index (χ0v) is 9.98. The molecule has 0 atom stereocenters. The third kappa shape index (κ3) is 2.09. The second-order valence-corrected chi connectivity index (χ2v) is 3.92. The molecule has 0 aliphatic carbocycles. The van der Waals surface area contributed by atoms with Crippen molar-refractivity contribution in [3.63, 3.8) is 0 Å². The first-order valence-corrected chi connectivity index (χ1v) is 5.57. The number of fused-ring (bicyclic) bond motifs is 1. The minimum absolute atomic E-state index is 0.111. The molecule has 0 radical (unpaired) electrons. The Bertz CT molecular complexity index is 852. The molecule has 0 aliphatic rings. The van der Waals surface area contributed by atoms with E-state index in [1.165, 1.54) is 28.9 Å². The predicted molar refractivity (Wildman–Crippen MR) is 67.1 cm³/mol. The van der Waals surface area contributed by atoms with E-state index in [-0.39, 0.29) is 11.4 Å². The molecule has 8 heteroatoms. The molecule has 0 fully saturated rings. The van der Waals surface area contributed by atoms with Crippen molar-refractivity contribution in [3.05, 3.63) is 52.7 Å². The Balaban J connectivity index is 1.94. The molecule has 1 aromatic carbocycles. The van der Waals surface area contributed by atoms with Crippen molar-refractivity contribution >= 4 is 11.6 Å². The summed E-state index contributed by atoms with van der Waals surface area (Å²) >= 11 is 0. The lowest BCUT2D eigenvalue weighted by atomic mass is 10.2. The van der Waals surface area contributed by atoms with Crippen LogP contribution in [0.25, 0.3) is 5.65 Å². The highest BCUT2D eigenvalue weighted by Gasteiger charge is 2.07. The van der Waals surface area contributed by atoms with Crippen molar-refractivity contribution in [2.75, 3.05) is 0 Å². The molecule has 3 aromatic rings. The van der Waals surface area contributed by atoms with E-state index in [1.54, 1.807) is 12.1 Å². The van der Waals surface area contributed by atoms with Crippen molar-refractivity contribution in [1.82, 2.24) is 19.6 Å². The molecule has 0 aliphatic heterocycles. The number of aromatic carboxylic acids is 1. The molecule has 0 amide bonds. The van der Waals surface area contributed by atoms with Crippen molar-refractivity contribution in [2.45, 2.75) is 0 Å². The summed E-state index contributed by atoms with van der Waals surface area (Å²) in [4.78, 5) is 26.1. The number of H-pyrrole nitrogens is 1. The second-order valence-electron chi connectivity index (χ2n) is 3.92. The van der Waals surface area contributed by atoms with Gasteiger partial charge in [0, 0.05) is 6.07 Å². The molecule has 2 N–H and O–H groups in total. The number of hydrogen-bond donors (Lipinski definition) is 2. The highest BCUT2D eigenvalue weighted by Crippen LogP contribution is 2.20. The van der Waals surface area contributed by atoms with E-state index in [1.807, 2.05) is 0 Å². The van der Waals surface area contributed by atoms with Crippen LogP contribution in [0.3, 0.4) is 0 Å². The molecule has 100 valence electrons. The van der Waals surface area contributed by atoms with Crippen LogP contribution in [0, 0.1) is 0 Å². The highest BCUT2D eigenvalue weighted by atomic mass is 16.5. The zero-order valence-electron chi connectivity index (χ0n) is 9.98. The summed E-state index contributed by atoms with van der Waals surface area (Å²) in [5, 5.41) is 14.9.